The summed E-state index contributed by atoms with van der Waals surface area (Å²) in [4.78, 5) is 19.4. The van der Waals surface area contributed by atoms with Crippen molar-refractivity contribution < 1.29 is 9.53 Å². The fraction of sp³-hybridized carbons (Fsp3) is 0.652. The van der Waals surface area contributed by atoms with Crippen LogP contribution in [0.5, 0.6) is 5.75 Å². The second-order valence-electron chi connectivity index (χ2n) is 8.72. The largest absolute Gasteiger partial charge is 0.496 e. The van der Waals surface area contributed by atoms with E-state index < -0.39 is 0 Å². The highest BCUT2D eigenvalue weighted by atomic mass is 127. The lowest BCUT2D eigenvalue weighted by Crippen LogP contribution is -2.44. The van der Waals surface area contributed by atoms with Gasteiger partial charge < -0.3 is 20.3 Å². The van der Waals surface area contributed by atoms with E-state index in [-0.39, 0.29) is 40.7 Å². The number of methoxy groups -OCH3 is 1. The van der Waals surface area contributed by atoms with Crippen LogP contribution in [0.1, 0.15) is 51.0 Å². The van der Waals surface area contributed by atoms with Gasteiger partial charge in [0.2, 0.25) is 5.91 Å². The summed E-state index contributed by atoms with van der Waals surface area (Å²) in [5, 5.41) is 6.90. The van der Waals surface area contributed by atoms with E-state index in [1.807, 2.05) is 26.2 Å². The van der Waals surface area contributed by atoms with Crippen LogP contribution in [-0.2, 0) is 10.2 Å². The molecule has 1 amide bonds. The number of amides is 1. The number of benzene rings is 1. The van der Waals surface area contributed by atoms with Gasteiger partial charge in [0.25, 0.3) is 0 Å². The lowest BCUT2D eigenvalue weighted by atomic mass is 9.85. The highest BCUT2D eigenvalue weighted by molar-refractivity contribution is 14.0. The number of para-hydroxylation sites is 1. The molecule has 6 nitrogen and oxygen atoms in total. The molecule has 168 valence electrons. The number of ether oxygens (including phenoxy) is 1. The van der Waals surface area contributed by atoms with Crippen molar-refractivity contribution in [2.45, 2.75) is 50.9 Å². The molecular formula is C23H37IN4O2. The average Bonchev–Trinajstić information content (AvgIpc) is 3.37. The van der Waals surface area contributed by atoms with E-state index in [1.54, 1.807) is 12.0 Å². The Morgan fingerprint density at radius 3 is 2.37 bits per heavy atom. The molecule has 1 aromatic rings. The summed E-state index contributed by atoms with van der Waals surface area (Å²) >= 11 is 0. The van der Waals surface area contributed by atoms with Crippen molar-refractivity contribution in [2.24, 2.45) is 10.4 Å². The number of halogens is 1. The molecule has 3 rings (SSSR count). The molecule has 0 bridgehead atoms. The molecule has 0 saturated heterocycles. The van der Waals surface area contributed by atoms with Crippen molar-refractivity contribution in [2.75, 3.05) is 40.8 Å². The van der Waals surface area contributed by atoms with Crippen LogP contribution in [0.25, 0.3) is 0 Å². The van der Waals surface area contributed by atoms with Gasteiger partial charge in [-0.15, -0.1) is 24.0 Å². The molecular weight excluding hydrogens is 491 g/mol. The standard InChI is InChI=1S/C23H36N4O2.HI/c1-5-24-21(26-17-23(12-8-9-13-23)20(28)27(2)3)25-16-22(14-15-22)18-10-6-7-11-19(18)29-4;/h6-7,10-11H,5,8-9,12-17H2,1-4H3,(H2,24,25,26);1H. The van der Waals surface area contributed by atoms with Crippen molar-refractivity contribution >= 4 is 35.8 Å². The maximum atomic E-state index is 12.8. The lowest BCUT2D eigenvalue weighted by molar-refractivity contribution is -0.138. The number of carbonyl (C=O) groups excluding carboxylic acids is 1. The summed E-state index contributed by atoms with van der Waals surface area (Å²) in [6, 6.07) is 8.29. The third kappa shape index (κ3) is 5.39. The average molecular weight is 528 g/mol. The first-order valence-corrected chi connectivity index (χ1v) is 10.8. The van der Waals surface area contributed by atoms with E-state index in [1.165, 1.54) is 5.56 Å². The Hall–Kier alpha value is -1.51. The molecule has 7 heteroatoms. The van der Waals surface area contributed by atoms with Crippen LogP contribution in [0.3, 0.4) is 0 Å². The number of hydrogen-bond acceptors (Lipinski definition) is 3. The number of hydrogen-bond donors (Lipinski definition) is 2. The van der Waals surface area contributed by atoms with E-state index >= 15 is 0 Å². The molecule has 0 spiro atoms. The number of carbonyl (C=O) groups is 1. The Morgan fingerprint density at radius 2 is 1.80 bits per heavy atom. The minimum absolute atomic E-state index is 0. The monoisotopic (exact) mass is 528 g/mol. The molecule has 2 saturated carbocycles. The number of aliphatic imine (C=N–C) groups is 1. The highest BCUT2D eigenvalue weighted by Gasteiger charge is 2.46. The van der Waals surface area contributed by atoms with Crippen LogP contribution in [0.4, 0.5) is 0 Å². The molecule has 0 aromatic heterocycles. The third-order valence-electron chi connectivity index (χ3n) is 6.43. The van der Waals surface area contributed by atoms with Crippen molar-refractivity contribution in [1.29, 1.82) is 0 Å². The molecule has 30 heavy (non-hydrogen) atoms. The zero-order chi connectivity index (χ0) is 20.9. The predicted molar refractivity (Wildman–Crippen MR) is 133 cm³/mol. The van der Waals surface area contributed by atoms with Gasteiger partial charge in [-0.2, -0.15) is 0 Å². The molecule has 2 aliphatic carbocycles. The summed E-state index contributed by atoms with van der Waals surface area (Å²) in [5.41, 5.74) is 1.03. The van der Waals surface area contributed by atoms with Crippen LogP contribution in [-0.4, -0.2) is 57.6 Å². The Kier molecular flexibility index (Phi) is 8.82. The van der Waals surface area contributed by atoms with Crippen LogP contribution in [0, 0.1) is 5.41 Å². The van der Waals surface area contributed by atoms with Gasteiger partial charge in [-0.3, -0.25) is 9.79 Å². The Morgan fingerprint density at radius 1 is 1.13 bits per heavy atom. The van der Waals surface area contributed by atoms with E-state index in [4.69, 9.17) is 9.73 Å². The third-order valence-corrected chi connectivity index (χ3v) is 6.43. The summed E-state index contributed by atoms with van der Waals surface area (Å²) < 4.78 is 5.59. The Balaban J connectivity index is 0.00000320. The maximum Gasteiger partial charge on any atom is 0.230 e. The Labute approximate surface area is 198 Å². The van der Waals surface area contributed by atoms with Gasteiger partial charge in [0, 0.05) is 38.2 Å². The first-order chi connectivity index (χ1) is 14.0. The van der Waals surface area contributed by atoms with Crippen molar-refractivity contribution in [3.05, 3.63) is 29.8 Å². The van der Waals surface area contributed by atoms with E-state index in [0.29, 0.717) is 6.54 Å². The van der Waals surface area contributed by atoms with Crippen LogP contribution in [0.15, 0.2) is 29.3 Å². The fourth-order valence-corrected chi connectivity index (χ4v) is 4.57. The van der Waals surface area contributed by atoms with Gasteiger partial charge in [-0.05, 0) is 38.7 Å². The summed E-state index contributed by atoms with van der Waals surface area (Å²) in [7, 11) is 5.43. The number of nitrogens with zero attached hydrogens (tertiary/aromatic N) is 2. The zero-order valence-corrected chi connectivity index (χ0v) is 21.1. The van der Waals surface area contributed by atoms with Gasteiger partial charge in [-0.1, -0.05) is 31.0 Å². The molecule has 0 aliphatic heterocycles. The second kappa shape index (κ2) is 10.7. The lowest BCUT2D eigenvalue weighted by Gasteiger charge is -2.29. The normalized spacial score (nSPS) is 18.9. The molecule has 0 radical (unpaired) electrons. The van der Waals surface area contributed by atoms with Crippen LogP contribution >= 0.6 is 24.0 Å². The molecule has 2 fully saturated rings. The van der Waals surface area contributed by atoms with E-state index in [9.17, 15) is 4.79 Å². The molecule has 0 unspecified atom stereocenters. The van der Waals surface area contributed by atoms with Crippen molar-refractivity contribution in [1.82, 2.24) is 15.5 Å². The highest BCUT2D eigenvalue weighted by Crippen LogP contribution is 2.50. The van der Waals surface area contributed by atoms with Crippen molar-refractivity contribution in [3.63, 3.8) is 0 Å². The van der Waals surface area contributed by atoms with Gasteiger partial charge in [0.05, 0.1) is 19.1 Å². The maximum absolute atomic E-state index is 12.8. The van der Waals surface area contributed by atoms with Crippen LogP contribution in [0.2, 0.25) is 0 Å². The predicted octanol–water partition coefficient (Wildman–Crippen LogP) is 3.55. The number of rotatable bonds is 8. The van der Waals surface area contributed by atoms with Gasteiger partial charge in [-0.25, -0.2) is 0 Å². The molecule has 2 N–H and O–H groups in total. The molecule has 2 aliphatic rings. The smallest absolute Gasteiger partial charge is 0.230 e. The van der Waals surface area contributed by atoms with Gasteiger partial charge >= 0.3 is 0 Å². The molecule has 0 heterocycles. The minimum Gasteiger partial charge on any atom is -0.496 e. The van der Waals surface area contributed by atoms with Crippen LogP contribution < -0.4 is 15.4 Å². The fourth-order valence-electron chi connectivity index (χ4n) is 4.57. The Bertz CT molecular complexity index is 740. The summed E-state index contributed by atoms with van der Waals surface area (Å²) in [6.07, 6.45) is 6.35. The first kappa shape index (κ1) is 24.8. The topological polar surface area (TPSA) is 66.0 Å². The molecule has 1 aromatic carbocycles. The SMILES string of the molecule is CCNC(=NCC1(C(=O)N(C)C)CCCC1)NCC1(c2ccccc2OC)CC1.I. The number of guanidine groups is 1. The summed E-state index contributed by atoms with van der Waals surface area (Å²) in [5.74, 6) is 1.96. The number of nitrogens with one attached hydrogen (secondary N) is 2. The van der Waals surface area contributed by atoms with Gasteiger partial charge in [0.15, 0.2) is 5.96 Å². The quantitative estimate of drug-likeness (QED) is 0.308. The van der Waals surface area contributed by atoms with Gasteiger partial charge in [0.1, 0.15) is 5.75 Å². The minimum atomic E-state index is -0.341. The first-order valence-electron chi connectivity index (χ1n) is 10.8. The zero-order valence-electron chi connectivity index (χ0n) is 18.8. The summed E-state index contributed by atoms with van der Waals surface area (Å²) in [6.45, 7) is 4.22. The second-order valence-corrected chi connectivity index (χ2v) is 8.72. The molecule has 0 atom stereocenters. The van der Waals surface area contributed by atoms with E-state index in [0.717, 1.165) is 63.3 Å². The van der Waals surface area contributed by atoms with E-state index in [2.05, 4.69) is 29.7 Å². The van der Waals surface area contributed by atoms with Crippen molar-refractivity contribution in [3.8, 4) is 5.75 Å².